The lowest BCUT2D eigenvalue weighted by molar-refractivity contribution is -0.142. The molecule has 0 bridgehead atoms. The van der Waals surface area contributed by atoms with Gasteiger partial charge in [-0.3, -0.25) is 9.59 Å². The molecule has 0 aromatic heterocycles. The van der Waals surface area contributed by atoms with E-state index >= 15 is 0 Å². The summed E-state index contributed by atoms with van der Waals surface area (Å²) in [5.41, 5.74) is 0. The van der Waals surface area contributed by atoms with E-state index in [1.807, 2.05) is 0 Å². The summed E-state index contributed by atoms with van der Waals surface area (Å²) in [6.45, 7) is 1.86. The fourth-order valence-electron chi connectivity index (χ4n) is 0.309. The Kier molecular flexibility index (Phi) is 4.78. The Morgan fingerprint density at radius 1 is 1.67 bits per heavy atom. The van der Waals surface area contributed by atoms with Gasteiger partial charge in [0, 0.05) is 12.8 Å². The second-order valence-corrected chi connectivity index (χ2v) is 1.47. The fourth-order valence-corrected chi connectivity index (χ4v) is 0.309. The van der Waals surface area contributed by atoms with Gasteiger partial charge in [0.25, 0.3) is 0 Å². The molecule has 0 aliphatic rings. The van der Waals surface area contributed by atoms with Gasteiger partial charge in [0.2, 0.25) is 6.29 Å². The van der Waals surface area contributed by atoms with Crippen LogP contribution in [0.5, 0.6) is 0 Å². The van der Waals surface area contributed by atoms with Crippen LogP contribution in [0.15, 0.2) is 0 Å². The predicted molar refractivity (Wildman–Crippen MR) is 31.6 cm³/mol. The lowest BCUT2D eigenvalue weighted by Gasteiger charge is -1.96. The smallest absolute Gasteiger partial charge is 0.305 e. The molecule has 0 fully saturated rings. The minimum atomic E-state index is -0.273. The number of hydrogen-bond donors (Lipinski definition) is 0. The maximum Gasteiger partial charge on any atom is 0.305 e. The second kappa shape index (κ2) is 5.28. The highest BCUT2D eigenvalue weighted by Crippen LogP contribution is 1.84. The summed E-state index contributed by atoms with van der Waals surface area (Å²) in [4.78, 5) is 19.9. The highest BCUT2D eigenvalue weighted by atomic mass is 16.5. The Balaban J connectivity index is 3.06. The molecule has 0 saturated heterocycles. The van der Waals surface area contributed by atoms with Crippen LogP contribution in [0.2, 0.25) is 0 Å². The topological polar surface area (TPSA) is 43.4 Å². The number of carbonyl (C=O) groups excluding carboxylic acids is 2. The van der Waals surface area contributed by atoms with Crippen molar-refractivity contribution in [1.82, 2.24) is 0 Å². The van der Waals surface area contributed by atoms with E-state index in [2.05, 4.69) is 4.74 Å². The molecule has 9 heavy (non-hydrogen) atoms. The molecule has 3 heteroatoms. The van der Waals surface area contributed by atoms with E-state index in [1.54, 1.807) is 13.2 Å². The van der Waals surface area contributed by atoms with Crippen molar-refractivity contribution in [3.05, 3.63) is 0 Å². The van der Waals surface area contributed by atoms with E-state index in [0.29, 0.717) is 6.42 Å². The van der Waals surface area contributed by atoms with Gasteiger partial charge in [-0.15, -0.1) is 0 Å². The van der Waals surface area contributed by atoms with Crippen LogP contribution in [0.4, 0.5) is 0 Å². The first-order chi connectivity index (χ1) is 4.31. The van der Waals surface area contributed by atoms with E-state index in [0.717, 1.165) is 0 Å². The van der Waals surface area contributed by atoms with Crippen LogP contribution >= 0.6 is 0 Å². The number of hydrogen-bond acceptors (Lipinski definition) is 3. The Labute approximate surface area is 54.0 Å². The summed E-state index contributed by atoms with van der Waals surface area (Å²) in [6.07, 6.45) is 2.15. The normalized spacial score (nSPS) is 8.56. The quantitative estimate of drug-likeness (QED) is 0.408. The molecule has 0 N–H and O–H groups in total. The molecule has 0 aliphatic carbocycles. The molecule has 0 aliphatic heterocycles. The molecule has 0 saturated carbocycles. The lowest BCUT2D eigenvalue weighted by atomic mass is 10.5. The van der Waals surface area contributed by atoms with Gasteiger partial charge in [-0.2, -0.15) is 0 Å². The first-order valence-electron chi connectivity index (χ1n) is 2.82. The van der Waals surface area contributed by atoms with Crippen LogP contribution in [-0.4, -0.2) is 18.9 Å². The molecule has 51 valence electrons. The monoisotopic (exact) mass is 129 g/mol. The first kappa shape index (κ1) is 8.14. The van der Waals surface area contributed by atoms with Gasteiger partial charge in [0.15, 0.2) is 0 Å². The molecule has 0 rings (SSSR count). The van der Waals surface area contributed by atoms with Gasteiger partial charge in [-0.1, -0.05) is 6.92 Å². The van der Waals surface area contributed by atoms with E-state index < -0.39 is 0 Å². The van der Waals surface area contributed by atoms with E-state index in [-0.39, 0.29) is 19.0 Å². The summed E-state index contributed by atoms with van der Waals surface area (Å²) in [7, 11) is 0. The summed E-state index contributed by atoms with van der Waals surface area (Å²) in [5.74, 6) is -0.273. The molecule has 0 amide bonds. The zero-order chi connectivity index (χ0) is 7.11. The maximum absolute atomic E-state index is 10.3. The molecule has 0 heterocycles. The Hall–Kier alpha value is -0.860. The second-order valence-electron chi connectivity index (χ2n) is 1.47. The lowest BCUT2D eigenvalue weighted by Crippen LogP contribution is -2.03. The SMILES string of the molecule is CCC(=O)OCC[C]=O. The molecule has 0 aromatic carbocycles. The van der Waals surface area contributed by atoms with Crippen LogP contribution < -0.4 is 0 Å². The Bertz CT molecular complexity index is 98.5. The van der Waals surface area contributed by atoms with Crippen molar-refractivity contribution in [2.75, 3.05) is 6.61 Å². The summed E-state index contributed by atoms with van der Waals surface area (Å²) < 4.78 is 4.53. The molecule has 3 nitrogen and oxygen atoms in total. The van der Waals surface area contributed by atoms with Gasteiger partial charge in [-0.05, 0) is 0 Å². The van der Waals surface area contributed by atoms with Crippen LogP contribution in [0, 0.1) is 0 Å². The summed E-state index contributed by atoms with van der Waals surface area (Å²) in [6, 6.07) is 0. The standard InChI is InChI=1S/C6H9O3/c1-2-6(8)9-5-3-4-7/h2-3,5H2,1H3. The fraction of sp³-hybridized carbons (Fsp3) is 0.667. The minimum absolute atomic E-state index is 0.163. The third kappa shape index (κ3) is 5.00. The molecular weight excluding hydrogens is 120 g/mol. The van der Waals surface area contributed by atoms with E-state index in [1.165, 1.54) is 0 Å². The molecule has 0 unspecified atom stereocenters. The zero-order valence-electron chi connectivity index (χ0n) is 5.35. The van der Waals surface area contributed by atoms with Crippen LogP contribution in [0.3, 0.4) is 0 Å². The third-order valence-corrected chi connectivity index (χ3v) is 0.756. The molecular formula is C6H9O3. The zero-order valence-corrected chi connectivity index (χ0v) is 5.35. The van der Waals surface area contributed by atoms with Gasteiger partial charge in [0.05, 0.1) is 6.61 Å². The molecule has 0 spiro atoms. The van der Waals surface area contributed by atoms with Crippen LogP contribution in [0.25, 0.3) is 0 Å². The predicted octanol–water partition coefficient (Wildman–Crippen LogP) is 0.439. The van der Waals surface area contributed by atoms with Crippen molar-refractivity contribution in [3.8, 4) is 0 Å². The molecule has 0 atom stereocenters. The summed E-state index contributed by atoms with van der Waals surface area (Å²) >= 11 is 0. The highest BCUT2D eigenvalue weighted by molar-refractivity contribution is 5.69. The van der Waals surface area contributed by atoms with Crippen molar-refractivity contribution in [2.45, 2.75) is 19.8 Å². The Morgan fingerprint density at radius 3 is 2.78 bits per heavy atom. The number of esters is 1. The first-order valence-corrected chi connectivity index (χ1v) is 2.82. The van der Waals surface area contributed by atoms with Crippen LogP contribution in [0.1, 0.15) is 19.8 Å². The number of carbonyl (C=O) groups is 1. The van der Waals surface area contributed by atoms with Crippen molar-refractivity contribution in [2.24, 2.45) is 0 Å². The van der Waals surface area contributed by atoms with Crippen molar-refractivity contribution >= 4 is 12.3 Å². The summed E-state index contributed by atoms with van der Waals surface area (Å²) in [5, 5.41) is 0. The molecule has 1 radical (unpaired) electrons. The van der Waals surface area contributed by atoms with Gasteiger partial charge in [0.1, 0.15) is 0 Å². The largest absolute Gasteiger partial charge is 0.465 e. The van der Waals surface area contributed by atoms with Crippen molar-refractivity contribution in [1.29, 1.82) is 0 Å². The van der Waals surface area contributed by atoms with Gasteiger partial charge in [-0.25, -0.2) is 0 Å². The van der Waals surface area contributed by atoms with Crippen molar-refractivity contribution in [3.63, 3.8) is 0 Å². The number of rotatable bonds is 4. The van der Waals surface area contributed by atoms with E-state index in [4.69, 9.17) is 0 Å². The average Bonchev–Trinajstić information content (AvgIpc) is 1.89. The number of ether oxygens (including phenoxy) is 1. The minimum Gasteiger partial charge on any atom is -0.465 e. The highest BCUT2D eigenvalue weighted by Gasteiger charge is 1.95. The van der Waals surface area contributed by atoms with Gasteiger partial charge < -0.3 is 4.74 Å². The van der Waals surface area contributed by atoms with Crippen LogP contribution in [-0.2, 0) is 14.3 Å². The maximum atomic E-state index is 10.3. The Morgan fingerprint density at radius 2 is 2.33 bits per heavy atom. The van der Waals surface area contributed by atoms with Crippen molar-refractivity contribution < 1.29 is 14.3 Å². The average molecular weight is 129 g/mol. The van der Waals surface area contributed by atoms with Gasteiger partial charge >= 0.3 is 5.97 Å². The molecule has 0 aromatic rings. The van der Waals surface area contributed by atoms with E-state index in [9.17, 15) is 9.59 Å². The third-order valence-electron chi connectivity index (χ3n) is 0.756.